The van der Waals surface area contributed by atoms with Gasteiger partial charge in [0.1, 0.15) is 0 Å². The highest BCUT2D eigenvalue weighted by Crippen LogP contribution is 2.55. The Balaban J connectivity index is 1.88. The second-order valence-electron chi connectivity index (χ2n) is 4.73. The van der Waals surface area contributed by atoms with Crippen molar-refractivity contribution in [3.8, 4) is 0 Å². The van der Waals surface area contributed by atoms with E-state index in [4.69, 9.17) is 0 Å². The van der Waals surface area contributed by atoms with Crippen LogP contribution in [0.25, 0.3) is 0 Å². The summed E-state index contributed by atoms with van der Waals surface area (Å²) in [7, 11) is 2.10. The van der Waals surface area contributed by atoms with Gasteiger partial charge in [-0.15, -0.1) is 0 Å². The molecule has 0 aliphatic heterocycles. The molecule has 2 saturated carbocycles. The Kier molecular flexibility index (Phi) is 2.40. The molecular weight excluding hydrogens is 146 g/mol. The molecule has 1 nitrogen and oxygen atoms in total. The van der Waals surface area contributed by atoms with Crippen LogP contribution in [0, 0.1) is 11.3 Å². The van der Waals surface area contributed by atoms with E-state index < -0.39 is 0 Å². The molecule has 12 heavy (non-hydrogen) atoms. The SMILES string of the molecule is CNCC1(C2CCCCC2)CC1. The van der Waals surface area contributed by atoms with Crippen molar-refractivity contribution in [1.82, 2.24) is 5.32 Å². The van der Waals surface area contributed by atoms with Gasteiger partial charge in [-0.05, 0) is 44.1 Å². The summed E-state index contributed by atoms with van der Waals surface area (Å²) in [4.78, 5) is 0. The summed E-state index contributed by atoms with van der Waals surface area (Å²) in [5.74, 6) is 1.07. The molecule has 0 heterocycles. The van der Waals surface area contributed by atoms with E-state index in [2.05, 4.69) is 12.4 Å². The van der Waals surface area contributed by atoms with Gasteiger partial charge in [0.05, 0.1) is 0 Å². The molecule has 2 fully saturated rings. The third kappa shape index (κ3) is 1.52. The van der Waals surface area contributed by atoms with Crippen molar-refractivity contribution < 1.29 is 0 Å². The molecule has 0 saturated heterocycles. The van der Waals surface area contributed by atoms with E-state index in [1.54, 1.807) is 0 Å². The summed E-state index contributed by atoms with van der Waals surface area (Å²) in [5.41, 5.74) is 0.759. The normalized spacial score (nSPS) is 28.8. The predicted molar refractivity (Wildman–Crippen MR) is 52.2 cm³/mol. The van der Waals surface area contributed by atoms with Crippen molar-refractivity contribution in [3.05, 3.63) is 0 Å². The van der Waals surface area contributed by atoms with E-state index in [1.807, 2.05) is 0 Å². The van der Waals surface area contributed by atoms with Crippen LogP contribution >= 0.6 is 0 Å². The van der Waals surface area contributed by atoms with Crippen LogP contribution < -0.4 is 5.32 Å². The van der Waals surface area contributed by atoms with Crippen LogP contribution in [-0.2, 0) is 0 Å². The number of hydrogen-bond acceptors (Lipinski definition) is 1. The molecule has 0 aromatic rings. The molecule has 0 aromatic carbocycles. The molecule has 2 aliphatic rings. The zero-order valence-electron chi connectivity index (χ0n) is 8.23. The van der Waals surface area contributed by atoms with E-state index in [0.29, 0.717) is 0 Å². The molecular formula is C11H21N. The number of nitrogens with one attached hydrogen (secondary N) is 1. The zero-order valence-corrected chi connectivity index (χ0v) is 8.23. The molecule has 0 aromatic heterocycles. The maximum absolute atomic E-state index is 3.37. The highest BCUT2D eigenvalue weighted by atomic mass is 14.9. The molecule has 0 bridgehead atoms. The molecule has 0 unspecified atom stereocenters. The van der Waals surface area contributed by atoms with Gasteiger partial charge in [-0.2, -0.15) is 0 Å². The molecule has 1 heteroatoms. The molecule has 0 amide bonds. The highest BCUT2D eigenvalue weighted by molar-refractivity contribution is 5.00. The fourth-order valence-electron chi connectivity index (χ4n) is 2.96. The Morgan fingerprint density at radius 1 is 1.17 bits per heavy atom. The van der Waals surface area contributed by atoms with Crippen LogP contribution in [0.3, 0.4) is 0 Å². The molecule has 2 rings (SSSR count). The topological polar surface area (TPSA) is 12.0 Å². The Bertz CT molecular complexity index is 143. The van der Waals surface area contributed by atoms with Crippen molar-refractivity contribution in [3.63, 3.8) is 0 Å². The van der Waals surface area contributed by atoms with Crippen molar-refractivity contribution in [1.29, 1.82) is 0 Å². The van der Waals surface area contributed by atoms with Crippen molar-refractivity contribution in [2.75, 3.05) is 13.6 Å². The average molecular weight is 167 g/mol. The van der Waals surface area contributed by atoms with Gasteiger partial charge in [0, 0.05) is 6.54 Å². The van der Waals surface area contributed by atoms with Crippen LogP contribution in [0.4, 0.5) is 0 Å². The molecule has 0 atom stereocenters. The smallest absolute Gasteiger partial charge is 0.000747 e. The quantitative estimate of drug-likeness (QED) is 0.681. The van der Waals surface area contributed by atoms with E-state index >= 15 is 0 Å². The fourth-order valence-corrected chi connectivity index (χ4v) is 2.96. The standard InChI is InChI=1S/C11H21N/c1-12-9-11(7-8-11)10-5-3-2-4-6-10/h10,12H,2-9H2,1H3. The summed E-state index contributed by atoms with van der Waals surface area (Å²) in [6.07, 6.45) is 10.5. The third-order valence-corrected chi connectivity index (χ3v) is 3.89. The molecule has 2 aliphatic carbocycles. The number of rotatable bonds is 3. The average Bonchev–Trinajstić information content (AvgIpc) is 2.88. The summed E-state index contributed by atoms with van der Waals surface area (Å²) < 4.78 is 0. The minimum absolute atomic E-state index is 0.759. The minimum Gasteiger partial charge on any atom is -0.319 e. The van der Waals surface area contributed by atoms with Crippen molar-refractivity contribution in [2.24, 2.45) is 11.3 Å². The molecule has 0 spiro atoms. The predicted octanol–water partition coefficient (Wildman–Crippen LogP) is 2.57. The van der Waals surface area contributed by atoms with Crippen LogP contribution in [0.5, 0.6) is 0 Å². The van der Waals surface area contributed by atoms with Gasteiger partial charge in [0.25, 0.3) is 0 Å². The van der Waals surface area contributed by atoms with Crippen LogP contribution in [0.1, 0.15) is 44.9 Å². The van der Waals surface area contributed by atoms with Gasteiger partial charge in [-0.25, -0.2) is 0 Å². The Labute approximate surface area is 75.9 Å². The first-order valence-corrected chi connectivity index (χ1v) is 5.52. The third-order valence-electron chi connectivity index (χ3n) is 3.89. The highest BCUT2D eigenvalue weighted by Gasteiger charge is 2.48. The maximum atomic E-state index is 3.37. The maximum Gasteiger partial charge on any atom is 0.000747 e. The van der Waals surface area contributed by atoms with Crippen LogP contribution in [0.2, 0.25) is 0 Å². The monoisotopic (exact) mass is 167 g/mol. The lowest BCUT2D eigenvalue weighted by atomic mass is 9.77. The Hall–Kier alpha value is -0.0400. The van der Waals surface area contributed by atoms with Gasteiger partial charge in [0.15, 0.2) is 0 Å². The second-order valence-corrected chi connectivity index (χ2v) is 4.73. The second kappa shape index (κ2) is 3.37. The van der Waals surface area contributed by atoms with Gasteiger partial charge < -0.3 is 5.32 Å². The van der Waals surface area contributed by atoms with E-state index in [1.165, 1.54) is 51.5 Å². The van der Waals surface area contributed by atoms with Crippen LogP contribution in [0.15, 0.2) is 0 Å². The number of hydrogen-bond donors (Lipinski definition) is 1. The van der Waals surface area contributed by atoms with Crippen LogP contribution in [-0.4, -0.2) is 13.6 Å². The van der Waals surface area contributed by atoms with E-state index in [9.17, 15) is 0 Å². The summed E-state index contributed by atoms with van der Waals surface area (Å²) in [6.45, 7) is 1.28. The summed E-state index contributed by atoms with van der Waals surface area (Å²) in [5, 5.41) is 3.37. The lowest BCUT2D eigenvalue weighted by Gasteiger charge is -2.30. The minimum atomic E-state index is 0.759. The lowest BCUT2D eigenvalue weighted by molar-refractivity contribution is 0.224. The summed E-state index contributed by atoms with van der Waals surface area (Å²) in [6, 6.07) is 0. The van der Waals surface area contributed by atoms with Crippen molar-refractivity contribution in [2.45, 2.75) is 44.9 Å². The molecule has 70 valence electrons. The molecule has 0 radical (unpaired) electrons. The first-order chi connectivity index (χ1) is 5.87. The first-order valence-electron chi connectivity index (χ1n) is 5.52. The van der Waals surface area contributed by atoms with Gasteiger partial charge in [-0.1, -0.05) is 19.3 Å². The van der Waals surface area contributed by atoms with E-state index in [0.717, 1.165) is 11.3 Å². The van der Waals surface area contributed by atoms with Gasteiger partial charge >= 0.3 is 0 Å². The van der Waals surface area contributed by atoms with Crippen molar-refractivity contribution >= 4 is 0 Å². The summed E-state index contributed by atoms with van der Waals surface area (Å²) >= 11 is 0. The Morgan fingerprint density at radius 2 is 1.83 bits per heavy atom. The van der Waals surface area contributed by atoms with Gasteiger partial charge in [0.2, 0.25) is 0 Å². The molecule has 1 N–H and O–H groups in total. The van der Waals surface area contributed by atoms with Gasteiger partial charge in [-0.3, -0.25) is 0 Å². The van der Waals surface area contributed by atoms with E-state index in [-0.39, 0.29) is 0 Å². The Morgan fingerprint density at radius 3 is 2.33 bits per heavy atom. The zero-order chi connectivity index (χ0) is 8.44. The lowest BCUT2D eigenvalue weighted by Crippen LogP contribution is -2.28. The first kappa shape index (κ1) is 8.55. The fraction of sp³-hybridized carbons (Fsp3) is 1.00. The largest absolute Gasteiger partial charge is 0.319 e.